The summed E-state index contributed by atoms with van der Waals surface area (Å²) in [5, 5.41) is 2.69. The van der Waals surface area contributed by atoms with Gasteiger partial charge in [-0.25, -0.2) is 8.78 Å². The quantitative estimate of drug-likeness (QED) is 0.931. The molecule has 2 nitrogen and oxygen atoms in total. The van der Waals surface area contributed by atoms with Gasteiger partial charge in [-0.3, -0.25) is 4.79 Å². The number of carbonyl (C=O) groups excluding carboxylic acids is 1. The fourth-order valence-corrected chi connectivity index (χ4v) is 3.70. The molecule has 1 N–H and O–H groups in total. The van der Waals surface area contributed by atoms with Gasteiger partial charge in [0.2, 0.25) is 5.91 Å². The van der Waals surface area contributed by atoms with Crippen LogP contribution in [0.25, 0.3) is 0 Å². The molecule has 22 heavy (non-hydrogen) atoms. The molecule has 1 aliphatic heterocycles. The van der Waals surface area contributed by atoms with Gasteiger partial charge in [0.05, 0.1) is 11.3 Å². The largest absolute Gasteiger partial charge is 0.349 e. The minimum Gasteiger partial charge on any atom is -0.349 e. The monoisotopic (exact) mass is 319 g/mol. The summed E-state index contributed by atoms with van der Waals surface area (Å²) in [5.41, 5.74) is 1.72. The van der Waals surface area contributed by atoms with Crippen molar-refractivity contribution >= 4 is 17.7 Å². The topological polar surface area (TPSA) is 29.1 Å². The Kier molecular flexibility index (Phi) is 4.16. The summed E-state index contributed by atoms with van der Waals surface area (Å²) >= 11 is 1.54. The molecule has 5 heteroatoms. The molecule has 0 radical (unpaired) electrons. The van der Waals surface area contributed by atoms with E-state index in [4.69, 9.17) is 0 Å². The Hall–Kier alpha value is -1.88. The van der Waals surface area contributed by atoms with Gasteiger partial charge in [0, 0.05) is 4.90 Å². The summed E-state index contributed by atoms with van der Waals surface area (Å²) in [4.78, 5) is 13.5. The van der Waals surface area contributed by atoms with Crippen LogP contribution in [0, 0.1) is 11.6 Å². The zero-order valence-electron chi connectivity index (χ0n) is 12.0. The van der Waals surface area contributed by atoms with Gasteiger partial charge in [-0.1, -0.05) is 24.3 Å². The third kappa shape index (κ3) is 2.99. The fraction of sp³-hybridized carbons (Fsp3) is 0.235. The number of thioether (sulfide) groups is 1. The molecule has 0 aliphatic carbocycles. The second-order valence-electron chi connectivity index (χ2n) is 5.32. The zero-order chi connectivity index (χ0) is 15.7. The average Bonchev–Trinajstić information content (AvgIpc) is 2.94. The highest BCUT2D eigenvalue weighted by Crippen LogP contribution is 2.37. The standard InChI is InChI=1S/C17H15F2NOS/c1-10(11-6-7-13(18)14(19)8-11)20-17(21)16-9-12-4-2-3-5-15(12)22-16/h2-8,10,16H,9H2,1H3,(H,20,21). The normalized spacial score (nSPS) is 17.9. The van der Waals surface area contributed by atoms with Crippen molar-refractivity contribution in [2.24, 2.45) is 0 Å². The highest BCUT2D eigenvalue weighted by atomic mass is 32.2. The lowest BCUT2D eigenvalue weighted by atomic mass is 10.1. The van der Waals surface area contributed by atoms with Crippen molar-refractivity contribution < 1.29 is 13.6 Å². The van der Waals surface area contributed by atoms with Gasteiger partial charge in [0.15, 0.2) is 11.6 Å². The van der Waals surface area contributed by atoms with Crippen LogP contribution in [-0.2, 0) is 11.2 Å². The molecule has 0 saturated heterocycles. The van der Waals surface area contributed by atoms with Crippen LogP contribution in [0.3, 0.4) is 0 Å². The van der Waals surface area contributed by atoms with E-state index in [2.05, 4.69) is 5.32 Å². The van der Waals surface area contributed by atoms with Gasteiger partial charge in [0.25, 0.3) is 0 Å². The van der Waals surface area contributed by atoms with Crippen LogP contribution in [0.15, 0.2) is 47.4 Å². The SMILES string of the molecule is CC(NC(=O)C1Cc2ccccc2S1)c1ccc(F)c(F)c1. The number of fused-ring (bicyclic) bond motifs is 1. The summed E-state index contributed by atoms with van der Waals surface area (Å²) in [7, 11) is 0. The van der Waals surface area contributed by atoms with E-state index >= 15 is 0 Å². The zero-order valence-corrected chi connectivity index (χ0v) is 12.8. The minimum absolute atomic E-state index is 0.0848. The van der Waals surface area contributed by atoms with Crippen molar-refractivity contribution in [1.82, 2.24) is 5.32 Å². The molecule has 1 aliphatic rings. The molecule has 114 valence electrons. The van der Waals surface area contributed by atoms with E-state index in [0.29, 0.717) is 12.0 Å². The third-order valence-electron chi connectivity index (χ3n) is 3.74. The summed E-state index contributed by atoms with van der Waals surface area (Å²) in [6.07, 6.45) is 0.692. The molecule has 0 bridgehead atoms. The van der Waals surface area contributed by atoms with Gasteiger partial charge in [-0.05, 0) is 42.7 Å². The second-order valence-corrected chi connectivity index (χ2v) is 6.57. The Morgan fingerprint density at radius 2 is 2.00 bits per heavy atom. The molecule has 3 rings (SSSR count). The first-order valence-corrected chi connectivity index (χ1v) is 7.92. The lowest BCUT2D eigenvalue weighted by Gasteiger charge is -2.17. The Bertz CT molecular complexity index is 695. The number of hydrogen-bond donors (Lipinski definition) is 1. The minimum atomic E-state index is -0.902. The summed E-state index contributed by atoms with van der Waals surface area (Å²) in [5.74, 6) is -1.87. The maximum Gasteiger partial charge on any atom is 0.234 e. The smallest absolute Gasteiger partial charge is 0.234 e. The number of hydrogen-bond acceptors (Lipinski definition) is 2. The van der Waals surface area contributed by atoms with Crippen molar-refractivity contribution in [3.63, 3.8) is 0 Å². The number of nitrogens with one attached hydrogen (secondary N) is 1. The van der Waals surface area contributed by atoms with E-state index in [1.807, 2.05) is 24.3 Å². The molecule has 2 atom stereocenters. The predicted octanol–water partition coefficient (Wildman–Crippen LogP) is 3.86. The first kappa shape index (κ1) is 15.0. The lowest BCUT2D eigenvalue weighted by molar-refractivity contribution is -0.121. The van der Waals surface area contributed by atoms with Crippen molar-refractivity contribution in [2.45, 2.75) is 29.5 Å². The van der Waals surface area contributed by atoms with Crippen molar-refractivity contribution in [1.29, 1.82) is 0 Å². The Morgan fingerprint density at radius 3 is 2.73 bits per heavy atom. The van der Waals surface area contributed by atoms with E-state index in [9.17, 15) is 13.6 Å². The van der Waals surface area contributed by atoms with Crippen LogP contribution in [-0.4, -0.2) is 11.2 Å². The Morgan fingerprint density at radius 1 is 1.23 bits per heavy atom. The molecular formula is C17H15F2NOS. The summed E-state index contributed by atoms with van der Waals surface area (Å²) in [6.45, 7) is 1.76. The fourth-order valence-electron chi connectivity index (χ4n) is 2.50. The van der Waals surface area contributed by atoms with Gasteiger partial charge in [0.1, 0.15) is 0 Å². The maximum absolute atomic E-state index is 13.3. The third-order valence-corrected chi connectivity index (χ3v) is 5.06. The van der Waals surface area contributed by atoms with Gasteiger partial charge in [-0.2, -0.15) is 0 Å². The lowest BCUT2D eigenvalue weighted by Crippen LogP contribution is -2.34. The van der Waals surface area contributed by atoms with E-state index < -0.39 is 11.6 Å². The molecule has 2 aromatic rings. The second kappa shape index (κ2) is 6.08. The van der Waals surface area contributed by atoms with Crippen LogP contribution >= 0.6 is 11.8 Å². The van der Waals surface area contributed by atoms with Gasteiger partial charge >= 0.3 is 0 Å². The predicted molar refractivity (Wildman–Crippen MR) is 82.7 cm³/mol. The molecule has 2 aromatic carbocycles. The maximum atomic E-state index is 13.3. The Balaban J connectivity index is 1.66. The van der Waals surface area contributed by atoms with Crippen molar-refractivity contribution in [3.05, 3.63) is 65.2 Å². The van der Waals surface area contributed by atoms with E-state index in [1.165, 1.54) is 11.6 Å². The summed E-state index contributed by atoms with van der Waals surface area (Å²) < 4.78 is 26.2. The van der Waals surface area contributed by atoms with Gasteiger partial charge < -0.3 is 5.32 Å². The molecule has 0 aromatic heterocycles. The number of rotatable bonds is 3. The van der Waals surface area contributed by atoms with E-state index in [-0.39, 0.29) is 17.2 Å². The number of carbonyl (C=O) groups is 1. The van der Waals surface area contributed by atoms with Crippen LogP contribution in [0.2, 0.25) is 0 Å². The van der Waals surface area contributed by atoms with Crippen molar-refractivity contribution in [2.75, 3.05) is 0 Å². The number of amides is 1. The first-order chi connectivity index (χ1) is 10.5. The molecule has 0 saturated carbocycles. The van der Waals surface area contributed by atoms with E-state index in [0.717, 1.165) is 17.0 Å². The molecule has 0 spiro atoms. The average molecular weight is 319 g/mol. The van der Waals surface area contributed by atoms with Gasteiger partial charge in [-0.15, -0.1) is 11.8 Å². The molecular weight excluding hydrogens is 304 g/mol. The number of benzene rings is 2. The Labute approximate surface area is 131 Å². The highest BCUT2D eigenvalue weighted by molar-refractivity contribution is 8.01. The van der Waals surface area contributed by atoms with Crippen LogP contribution in [0.5, 0.6) is 0 Å². The first-order valence-electron chi connectivity index (χ1n) is 7.04. The molecule has 2 unspecified atom stereocenters. The molecule has 1 amide bonds. The van der Waals surface area contributed by atoms with Crippen LogP contribution in [0.4, 0.5) is 8.78 Å². The van der Waals surface area contributed by atoms with E-state index in [1.54, 1.807) is 18.7 Å². The van der Waals surface area contributed by atoms with Crippen molar-refractivity contribution in [3.8, 4) is 0 Å². The highest BCUT2D eigenvalue weighted by Gasteiger charge is 2.28. The number of halogens is 2. The molecule has 1 heterocycles. The van der Waals surface area contributed by atoms with Crippen LogP contribution < -0.4 is 5.32 Å². The summed E-state index contributed by atoms with van der Waals surface area (Å²) in [6, 6.07) is 11.3. The van der Waals surface area contributed by atoms with Crippen LogP contribution in [0.1, 0.15) is 24.1 Å². The molecule has 0 fully saturated rings.